The molecule has 0 aromatic carbocycles. The van der Waals surface area contributed by atoms with Crippen LogP contribution in [0.1, 0.15) is 66.2 Å². The van der Waals surface area contributed by atoms with Crippen LogP contribution in [-0.4, -0.2) is 13.1 Å². The van der Waals surface area contributed by atoms with E-state index in [0.29, 0.717) is 5.41 Å². The van der Waals surface area contributed by atoms with Gasteiger partial charge >= 0.3 is 0 Å². The summed E-state index contributed by atoms with van der Waals surface area (Å²) in [5.41, 5.74) is 0.488. The van der Waals surface area contributed by atoms with Gasteiger partial charge in [-0.3, -0.25) is 0 Å². The van der Waals surface area contributed by atoms with Crippen LogP contribution in [0, 0.1) is 5.41 Å². The molecule has 0 spiro atoms. The van der Waals surface area contributed by atoms with E-state index in [2.05, 4.69) is 33.0 Å². The van der Waals surface area contributed by atoms with E-state index >= 15 is 0 Å². The largest absolute Gasteiger partial charge is 0.316 e. The molecule has 1 heteroatoms. The Balaban J connectivity index is 3.35. The Labute approximate surface area is 90.7 Å². The molecule has 0 aromatic rings. The van der Waals surface area contributed by atoms with Gasteiger partial charge in [-0.2, -0.15) is 0 Å². The minimum atomic E-state index is 0.488. The maximum absolute atomic E-state index is 3.44. The van der Waals surface area contributed by atoms with Crippen molar-refractivity contribution in [2.75, 3.05) is 13.1 Å². The molecule has 0 aliphatic heterocycles. The second kappa shape index (κ2) is 8.28. The Hall–Kier alpha value is -0.0400. The summed E-state index contributed by atoms with van der Waals surface area (Å²) in [5.74, 6) is 0. The van der Waals surface area contributed by atoms with Crippen LogP contribution in [0.5, 0.6) is 0 Å². The Bertz CT molecular complexity index is 118. The summed E-state index contributed by atoms with van der Waals surface area (Å²) >= 11 is 0. The van der Waals surface area contributed by atoms with Crippen LogP contribution in [0.2, 0.25) is 0 Å². The van der Waals surface area contributed by atoms with Crippen molar-refractivity contribution >= 4 is 0 Å². The monoisotopic (exact) mass is 199 g/mol. The van der Waals surface area contributed by atoms with Crippen molar-refractivity contribution in [2.24, 2.45) is 5.41 Å². The molecule has 0 saturated carbocycles. The van der Waals surface area contributed by atoms with Crippen LogP contribution in [0.15, 0.2) is 0 Å². The lowest BCUT2D eigenvalue weighted by Crippen LogP contribution is -2.29. The summed E-state index contributed by atoms with van der Waals surface area (Å²) in [6.07, 6.45) is 8.37. The lowest BCUT2D eigenvalue weighted by atomic mass is 9.86. The van der Waals surface area contributed by atoms with Gasteiger partial charge in [0.1, 0.15) is 0 Å². The third-order valence-electron chi connectivity index (χ3n) is 2.81. The first-order valence-electron chi connectivity index (χ1n) is 6.33. The van der Waals surface area contributed by atoms with E-state index in [-0.39, 0.29) is 0 Å². The molecule has 0 aromatic heterocycles. The maximum atomic E-state index is 3.44. The Morgan fingerprint density at radius 3 is 2.14 bits per heavy atom. The molecule has 0 atom stereocenters. The van der Waals surface area contributed by atoms with E-state index in [0.717, 1.165) is 13.1 Å². The van der Waals surface area contributed by atoms with E-state index in [1.807, 2.05) is 0 Å². The summed E-state index contributed by atoms with van der Waals surface area (Å²) in [6, 6.07) is 0. The van der Waals surface area contributed by atoms with Crippen molar-refractivity contribution in [2.45, 2.75) is 66.2 Å². The van der Waals surface area contributed by atoms with E-state index in [1.54, 1.807) is 0 Å². The zero-order chi connectivity index (χ0) is 10.9. The van der Waals surface area contributed by atoms with Gasteiger partial charge in [0.15, 0.2) is 0 Å². The SMILES string of the molecule is CCCCCCCC(C)(C)CNCC. The van der Waals surface area contributed by atoms with Gasteiger partial charge < -0.3 is 5.32 Å². The predicted molar refractivity (Wildman–Crippen MR) is 65.7 cm³/mol. The first-order valence-corrected chi connectivity index (χ1v) is 6.33. The standard InChI is InChI=1S/C13H29N/c1-5-7-8-9-10-11-13(3,4)12-14-6-2/h14H,5-12H2,1-4H3. The number of nitrogens with one attached hydrogen (secondary N) is 1. The lowest BCUT2D eigenvalue weighted by molar-refractivity contribution is 0.304. The second-order valence-corrected chi connectivity index (χ2v) is 5.11. The Morgan fingerprint density at radius 1 is 0.929 bits per heavy atom. The fraction of sp³-hybridized carbons (Fsp3) is 1.00. The smallest absolute Gasteiger partial charge is 0.000240 e. The third-order valence-corrected chi connectivity index (χ3v) is 2.81. The lowest BCUT2D eigenvalue weighted by Gasteiger charge is -2.24. The molecule has 0 amide bonds. The average Bonchev–Trinajstić information content (AvgIpc) is 2.15. The number of rotatable bonds is 9. The summed E-state index contributed by atoms with van der Waals surface area (Å²) in [4.78, 5) is 0. The van der Waals surface area contributed by atoms with Crippen LogP contribution < -0.4 is 5.32 Å². The van der Waals surface area contributed by atoms with Crippen molar-refractivity contribution < 1.29 is 0 Å². The second-order valence-electron chi connectivity index (χ2n) is 5.11. The molecule has 1 nitrogen and oxygen atoms in total. The van der Waals surface area contributed by atoms with Crippen LogP contribution in [-0.2, 0) is 0 Å². The van der Waals surface area contributed by atoms with E-state index in [4.69, 9.17) is 0 Å². The number of hydrogen-bond donors (Lipinski definition) is 1. The average molecular weight is 199 g/mol. The fourth-order valence-corrected chi connectivity index (χ4v) is 1.76. The van der Waals surface area contributed by atoms with Gasteiger partial charge in [0.05, 0.1) is 0 Å². The van der Waals surface area contributed by atoms with E-state index in [9.17, 15) is 0 Å². The molecule has 0 heterocycles. The van der Waals surface area contributed by atoms with Gasteiger partial charge in [-0.05, 0) is 18.4 Å². The molecule has 86 valence electrons. The Kier molecular flexibility index (Phi) is 8.26. The molecular formula is C13H29N. The molecule has 14 heavy (non-hydrogen) atoms. The van der Waals surface area contributed by atoms with Gasteiger partial charge in [-0.25, -0.2) is 0 Å². The molecule has 0 fully saturated rings. The first-order chi connectivity index (χ1) is 6.62. The van der Waals surface area contributed by atoms with Crippen LogP contribution in [0.3, 0.4) is 0 Å². The highest BCUT2D eigenvalue weighted by Gasteiger charge is 2.15. The van der Waals surface area contributed by atoms with Crippen LogP contribution >= 0.6 is 0 Å². The highest BCUT2D eigenvalue weighted by atomic mass is 14.9. The van der Waals surface area contributed by atoms with Crippen LogP contribution in [0.25, 0.3) is 0 Å². The highest BCUT2D eigenvalue weighted by Crippen LogP contribution is 2.22. The molecular weight excluding hydrogens is 170 g/mol. The molecule has 0 aliphatic carbocycles. The summed E-state index contributed by atoms with van der Waals surface area (Å²) in [6.45, 7) is 11.5. The summed E-state index contributed by atoms with van der Waals surface area (Å²) in [7, 11) is 0. The molecule has 0 bridgehead atoms. The van der Waals surface area contributed by atoms with E-state index in [1.165, 1.54) is 38.5 Å². The third kappa shape index (κ3) is 8.55. The van der Waals surface area contributed by atoms with Crippen molar-refractivity contribution in [3.63, 3.8) is 0 Å². The quantitative estimate of drug-likeness (QED) is 0.554. The van der Waals surface area contributed by atoms with E-state index < -0.39 is 0 Å². The molecule has 0 unspecified atom stereocenters. The molecule has 0 radical (unpaired) electrons. The topological polar surface area (TPSA) is 12.0 Å². The normalized spacial score (nSPS) is 12.0. The molecule has 0 aliphatic rings. The zero-order valence-corrected chi connectivity index (χ0v) is 10.7. The first kappa shape index (κ1) is 14.0. The van der Waals surface area contributed by atoms with Crippen molar-refractivity contribution in [1.29, 1.82) is 0 Å². The predicted octanol–water partition coefficient (Wildman–Crippen LogP) is 3.98. The zero-order valence-electron chi connectivity index (χ0n) is 10.7. The molecule has 1 N–H and O–H groups in total. The summed E-state index contributed by atoms with van der Waals surface area (Å²) in [5, 5.41) is 3.44. The molecule has 0 saturated heterocycles. The van der Waals surface area contributed by atoms with Gasteiger partial charge in [-0.1, -0.05) is 59.8 Å². The van der Waals surface area contributed by atoms with Gasteiger partial charge in [0, 0.05) is 6.54 Å². The number of hydrogen-bond acceptors (Lipinski definition) is 1. The fourth-order valence-electron chi connectivity index (χ4n) is 1.76. The number of unbranched alkanes of at least 4 members (excludes halogenated alkanes) is 4. The van der Waals surface area contributed by atoms with Gasteiger partial charge in [-0.15, -0.1) is 0 Å². The molecule has 0 rings (SSSR count). The minimum Gasteiger partial charge on any atom is -0.316 e. The van der Waals surface area contributed by atoms with Gasteiger partial charge in [0.25, 0.3) is 0 Å². The highest BCUT2D eigenvalue weighted by molar-refractivity contribution is 4.70. The Morgan fingerprint density at radius 2 is 1.57 bits per heavy atom. The van der Waals surface area contributed by atoms with Crippen molar-refractivity contribution in [1.82, 2.24) is 5.32 Å². The van der Waals surface area contributed by atoms with Crippen LogP contribution in [0.4, 0.5) is 0 Å². The van der Waals surface area contributed by atoms with Gasteiger partial charge in [0.2, 0.25) is 0 Å². The summed E-state index contributed by atoms with van der Waals surface area (Å²) < 4.78 is 0. The maximum Gasteiger partial charge on any atom is 0.000240 e. The van der Waals surface area contributed by atoms with Crippen molar-refractivity contribution in [3.05, 3.63) is 0 Å². The van der Waals surface area contributed by atoms with Crippen molar-refractivity contribution in [3.8, 4) is 0 Å². The minimum absolute atomic E-state index is 0.488.